The van der Waals surface area contributed by atoms with Crippen LogP contribution in [0.3, 0.4) is 0 Å². The average Bonchev–Trinajstić information content (AvgIpc) is 0.722. The summed E-state index contributed by atoms with van der Waals surface area (Å²) < 4.78 is 0. The number of hydrogen-bond acceptors (Lipinski definition) is 4. The Balaban J connectivity index is -0.0000000800. The average molecular weight is 174 g/mol. The van der Waals surface area contributed by atoms with Gasteiger partial charge in [-0.05, 0) is 0 Å². The van der Waals surface area contributed by atoms with Gasteiger partial charge in [-0.15, -0.1) is 0 Å². The summed E-state index contributed by atoms with van der Waals surface area (Å²) in [7, 11) is -5.61. The third-order valence-corrected chi connectivity index (χ3v) is 0. The maximum Gasteiger partial charge on any atom is 0 e. The molecule has 0 aromatic heterocycles. The molecule has 0 bridgehead atoms. The Morgan fingerprint density at radius 1 is 0.857 bits per heavy atom. The van der Waals surface area contributed by atoms with Crippen LogP contribution in [0, 0.1) is 0 Å². The quantitative estimate of drug-likeness (QED) is 0.338. The van der Waals surface area contributed by atoms with Crippen molar-refractivity contribution in [1.29, 1.82) is 0 Å². The molecule has 0 heterocycles. The fraction of sp³-hybridized carbons (Fsp3) is 0. The van der Waals surface area contributed by atoms with Crippen LogP contribution in [0.15, 0.2) is 0 Å². The van der Waals surface area contributed by atoms with Gasteiger partial charge in [0.25, 0.3) is 0 Å². The van der Waals surface area contributed by atoms with Crippen molar-refractivity contribution >= 4 is 9.05 Å². The molecule has 1 radical (unpaired) electrons. The molecule has 0 amide bonds. The molecular formula is H2CuO5Si-4. The van der Waals surface area contributed by atoms with Gasteiger partial charge in [-0.1, -0.05) is 0 Å². The molecule has 2 N–H and O–H groups in total. The van der Waals surface area contributed by atoms with Gasteiger partial charge in [0.1, 0.15) is 0 Å². The van der Waals surface area contributed by atoms with Crippen molar-refractivity contribution in [3.8, 4) is 0 Å². The Morgan fingerprint density at radius 3 is 0.857 bits per heavy atom. The van der Waals surface area contributed by atoms with Gasteiger partial charge in [-0.25, -0.2) is 0 Å². The summed E-state index contributed by atoms with van der Waals surface area (Å²) in [5.41, 5.74) is 0. The zero-order valence-corrected chi connectivity index (χ0v) is 4.88. The van der Waals surface area contributed by atoms with Crippen LogP contribution in [0.2, 0.25) is 0 Å². The summed E-state index contributed by atoms with van der Waals surface area (Å²) in [5, 5.41) is 0. The molecule has 51 valence electrons. The van der Waals surface area contributed by atoms with Crippen LogP contribution in [0.4, 0.5) is 0 Å². The van der Waals surface area contributed by atoms with Crippen molar-refractivity contribution in [3.05, 3.63) is 0 Å². The second-order valence-corrected chi connectivity index (χ2v) is 1.50. The smallest absolute Gasteiger partial charge is 0 e. The molecule has 7 heteroatoms. The van der Waals surface area contributed by atoms with Crippen LogP contribution in [0.5, 0.6) is 0 Å². The Labute approximate surface area is 51.5 Å². The first kappa shape index (κ1) is 15.6. The van der Waals surface area contributed by atoms with Gasteiger partial charge < -0.3 is 33.7 Å². The Bertz CT molecular complexity index is 23.6. The maximum absolute atomic E-state index is 8.58. The Morgan fingerprint density at radius 2 is 0.857 bits per heavy atom. The van der Waals surface area contributed by atoms with Crippen LogP contribution in [-0.4, -0.2) is 14.5 Å². The van der Waals surface area contributed by atoms with E-state index in [4.69, 9.17) is 19.2 Å². The molecule has 7 heavy (non-hydrogen) atoms. The van der Waals surface area contributed by atoms with E-state index in [0.717, 1.165) is 0 Å². The van der Waals surface area contributed by atoms with E-state index in [1.165, 1.54) is 0 Å². The van der Waals surface area contributed by atoms with Crippen LogP contribution in [-0.2, 0) is 17.1 Å². The molecule has 0 fully saturated rings. The van der Waals surface area contributed by atoms with Gasteiger partial charge in [0, 0.05) is 17.1 Å². The molecular weight excluding hydrogens is 172 g/mol. The molecule has 0 aromatic rings. The summed E-state index contributed by atoms with van der Waals surface area (Å²) >= 11 is 0. The van der Waals surface area contributed by atoms with Gasteiger partial charge in [-0.2, -0.15) is 0 Å². The van der Waals surface area contributed by atoms with Gasteiger partial charge in [0.15, 0.2) is 0 Å². The van der Waals surface area contributed by atoms with E-state index in [9.17, 15) is 0 Å². The minimum Gasteiger partial charge on any atom is -0.894 e. The molecule has 5 nitrogen and oxygen atoms in total. The first-order valence-electron chi connectivity index (χ1n) is 0.816. The number of rotatable bonds is 0. The normalized spacial score (nSPS) is 8.57. The van der Waals surface area contributed by atoms with E-state index >= 15 is 0 Å². The first-order chi connectivity index (χ1) is 2.00. The minimum atomic E-state index is -5.61. The topological polar surface area (TPSA) is 124 Å². The van der Waals surface area contributed by atoms with Gasteiger partial charge in [-0.3, -0.25) is 0 Å². The third kappa shape index (κ3) is 468. The molecule has 0 unspecified atom stereocenters. The summed E-state index contributed by atoms with van der Waals surface area (Å²) in [6.07, 6.45) is 0. The first-order valence-corrected chi connectivity index (χ1v) is 2.45. The molecule has 0 saturated carbocycles. The predicted molar refractivity (Wildman–Crippen MR) is 9.37 cm³/mol. The van der Waals surface area contributed by atoms with Crippen molar-refractivity contribution in [2.45, 2.75) is 0 Å². The van der Waals surface area contributed by atoms with Crippen molar-refractivity contribution in [2.24, 2.45) is 0 Å². The molecule has 0 rings (SSSR count). The van der Waals surface area contributed by atoms with E-state index in [2.05, 4.69) is 0 Å². The van der Waals surface area contributed by atoms with E-state index in [0.29, 0.717) is 0 Å². The summed E-state index contributed by atoms with van der Waals surface area (Å²) in [6, 6.07) is 0. The monoisotopic (exact) mass is 173 g/mol. The molecule has 0 aliphatic carbocycles. The Hall–Kier alpha value is 0.536. The molecule has 0 atom stereocenters. The summed E-state index contributed by atoms with van der Waals surface area (Å²) in [4.78, 5) is 34.3. The predicted octanol–water partition coefficient (Wildman–Crippen LogP) is -5.96. The fourth-order valence-electron chi connectivity index (χ4n) is 0. The largest absolute Gasteiger partial charge is 0.894 e. The van der Waals surface area contributed by atoms with Crippen LogP contribution >= 0.6 is 0 Å². The second kappa shape index (κ2) is 4.69. The summed E-state index contributed by atoms with van der Waals surface area (Å²) in [5.74, 6) is 0. The van der Waals surface area contributed by atoms with Gasteiger partial charge >= 0.3 is 0 Å². The van der Waals surface area contributed by atoms with E-state index in [1.54, 1.807) is 0 Å². The maximum atomic E-state index is 8.58. The zero-order chi connectivity index (χ0) is 4.50. The Kier molecular flexibility index (Phi) is 10.5. The minimum absolute atomic E-state index is 0. The molecule has 0 spiro atoms. The van der Waals surface area contributed by atoms with Crippen molar-refractivity contribution in [3.63, 3.8) is 0 Å². The van der Waals surface area contributed by atoms with Crippen LogP contribution in [0.25, 0.3) is 0 Å². The van der Waals surface area contributed by atoms with Gasteiger partial charge in [0.2, 0.25) is 0 Å². The zero-order valence-electron chi connectivity index (χ0n) is 2.93. The summed E-state index contributed by atoms with van der Waals surface area (Å²) in [6.45, 7) is 0. The van der Waals surface area contributed by atoms with E-state index in [-0.39, 0.29) is 22.5 Å². The number of hydrogen-bond donors (Lipinski definition) is 0. The van der Waals surface area contributed by atoms with Crippen LogP contribution < -0.4 is 19.2 Å². The van der Waals surface area contributed by atoms with Crippen LogP contribution in [0.1, 0.15) is 0 Å². The molecule has 0 aliphatic rings. The van der Waals surface area contributed by atoms with Crippen molar-refractivity contribution in [2.75, 3.05) is 0 Å². The van der Waals surface area contributed by atoms with Crippen molar-refractivity contribution in [1.82, 2.24) is 0 Å². The fourth-order valence-corrected chi connectivity index (χ4v) is 0. The molecule has 0 saturated heterocycles. The van der Waals surface area contributed by atoms with Gasteiger partial charge in [0.05, 0.1) is 0 Å². The standard InChI is InChI=1S/Cu.O4Si.H2O/c;1-5(2,3)4;/h;;1H2/q;-4;. The molecule has 0 aliphatic heterocycles. The molecule has 0 aromatic carbocycles. The second-order valence-electron chi connectivity index (χ2n) is 0.500. The van der Waals surface area contributed by atoms with E-state index < -0.39 is 9.05 Å². The van der Waals surface area contributed by atoms with E-state index in [1.807, 2.05) is 0 Å². The SMILES string of the molecule is O.[Cu].[O-][Si]([O-])([O-])[O-]. The van der Waals surface area contributed by atoms with Crippen molar-refractivity contribution < 1.29 is 41.7 Å². The third-order valence-electron chi connectivity index (χ3n) is 0.